The maximum absolute atomic E-state index is 15.7. The molecule has 0 spiro atoms. The summed E-state index contributed by atoms with van der Waals surface area (Å²) in [6, 6.07) is 0. The lowest BCUT2D eigenvalue weighted by Crippen LogP contribution is -2.12. The SMILES string of the molecule is CC(C)c1c(F)c(F)c(-c2c(-c3c(F)c(F)c(F)c(F)c3F)c3c(F)c(F)c(F)c(F)c3c3c(F)c(F)c(F)c(F)c23)c(F)c1F. The Hall–Kier alpha value is -4.57. The van der Waals surface area contributed by atoms with E-state index >= 15 is 43.9 Å². The van der Waals surface area contributed by atoms with Gasteiger partial charge in [-0.05, 0) is 5.92 Å². The van der Waals surface area contributed by atoms with Crippen LogP contribution in [-0.2, 0) is 0 Å². The second-order valence-electron chi connectivity index (χ2n) is 9.91. The number of halogens is 17. The van der Waals surface area contributed by atoms with Crippen molar-refractivity contribution in [3.63, 3.8) is 0 Å². The minimum Gasteiger partial charge on any atom is -0.203 e. The van der Waals surface area contributed by atoms with E-state index in [1.54, 1.807) is 0 Å². The van der Waals surface area contributed by atoms with E-state index in [1.165, 1.54) is 0 Å². The Morgan fingerprint density at radius 2 is 0.457 bits per heavy atom. The molecule has 242 valence electrons. The molecule has 0 atom stereocenters. The van der Waals surface area contributed by atoms with E-state index in [-0.39, 0.29) is 0 Å². The first kappa shape index (κ1) is 32.8. The highest BCUT2D eigenvalue weighted by Crippen LogP contribution is 2.52. The Morgan fingerprint density at radius 1 is 0.239 bits per heavy atom. The molecule has 0 unspecified atom stereocenters. The molecule has 0 saturated heterocycles. The van der Waals surface area contributed by atoms with Gasteiger partial charge in [0.05, 0.1) is 11.1 Å². The fraction of sp³-hybridized carbons (Fsp3) is 0.103. The Labute approximate surface area is 243 Å². The van der Waals surface area contributed by atoms with Gasteiger partial charge in [0.2, 0.25) is 5.82 Å². The maximum Gasteiger partial charge on any atom is 0.200 e. The Bertz CT molecular complexity index is 2140. The van der Waals surface area contributed by atoms with Gasteiger partial charge in [-0.3, -0.25) is 0 Å². The Balaban J connectivity index is 2.37. The van der Waals surface area contributed by atoms with Crippen LogP contribution in [0.25, 0.3) is 43.8 Å². The van der Waals surface area contributed by atoms with Crippen LogP contribution in [0.3, 0.4) is 0 Å². The molecule has 0 heterocycles. The van der Waals surface area contributed by atoms with Crippen LogP contribution < -0.4 is 0 Å². The van der Waals surface area contributed by atoms with E-state index in [4.69, 9.17) is 0 Å². The van der Waals surface area contributed by atoms with Gasteiger partial charge < -0.3 is 0 Å². The predicted molar refractivity (Wildman–Crippen MR) is 126 cm³/mol. The molecule has 0 aliphatic rings. The van der Waals surface area contributed by atoms with Crippen LogP contribution in [0.5, 0.6) is 0 Å². The molecule has 0 bridgehead atoms. The van der Waals surface area contributed by atoms with Crippen molar-refractivity contribution in [3.05, 3.63) is 104 Å². The third-order valence-electron chi connectivity index (χ3n) is 7.12. The lowest BCUT2D eigenvalue weighted by molar-refractivity contribution is 0.381. The summed E-state index contributed by atoms with van der Waals surface area (Å²) < 4.78 is 254. The molecule has 0 nitrogen and oxygen atoms in total. The molecule has 0 amide bonds. The second kappa shape index (κ2) is 10.8. The second-order valence-corrected chi connectivity index (χ2v) is 9.91. The molecule has 5 aromatic carbocycles. The summed E-state index contributed by atoms with van der Waals surface area (Å²) in [6.45, 7) is 1.91. The molecule has 0 aliphatic heterocycles. The van der Waals surface area contributed by atoms with Gasteiger partial charge in [-0.15, -0.1) is 0 Å². The molecular formula is C29H7F17. The van der Waals surface area contributed by atoms with E-state index in [1.807, 2.05) is 0 Å². The quantitative estimate of drug-likeness (QED) is 0.0771. The highest BCUT2D eigenvalue weighted by Gasteiger charge is 2.40. The van der Waals surface area contributed by atoms with Crippen LogP contribution in [0, 0.1) is 98.9 Å². The average Bonchev–Trinajstić information content (AvgIpc) is 3.01. The van der Waals surface area contributed by atoms with E-state index in [0.717, 1.165) is 13.8 Å². The minimum absolute atomic E-state index is 0.953. The molecule has 0 radical (unpaired) electrons. The standard InChI is InChI=1S/C29H7F17/c1-3(2)4-13(30)19(36)11(20(37)14(4)31)5-6(12-21(38)27(44)29(46)28(45)22(12)39)8-10(18(35)26(43)24(41)16(8)33)9-7(5)15(32)23(40)25(42)17(9)34/h3H,1-2H3. The summed E-state index contributed by atoms with van der Waals surface area (Å²) >= 11 is 0. The summed E-state index contributed by atoms with van der Waals surface area (Å²) in [4.78, 5) is 0. The molecule has 46 heavy (non-hydrogen) atoms. The summed E-state index contributed by atoms with van der Waals surface area (Å²) in [5, 5.41) is -9.44. The van der Waals surface area contributed by atoms with Crippen molar-refractivity contribution in [3.8, 4) is 22.3 Å². The highest BCUT2D eigenvalue weighted by molar-refractivity contribution is 6.22. The first-order valence-corrected chi connectivity index (χ1v) is 12.2. The number of hydrogen-bond donors (Lipinski definition) is 0. The highest BCUT2D eigenvalue weighted by atomic mass is 19.2. The van der Waals surface area contributed by atoms with Crippen molar-refractivity contribution in [1.29, 1.82) is 0 Å². The fourth-order valence-electron chi connectivity index (χ4n) is 5.15. The average molecular weight is 678 g/mol. The lowest BCUT2D eigenvalue weighted by Gasteiger charge is -2.23. The van der Waals surface area contributed by atoms with Crippen LogP contribution in [0.4, 0.5) is 74.6 Å². The monoisotopic (exact) mass is 678 g/mol. The number of benzene rings is 5. The first-order chi connectivity index (χ1) is 21.3. The van der Waals surface area contributed by atoms with E-state index < -0.39 is 154 Å². The maximum atomic E-state index is 15.7. The lowest BCUT2D eigenvalue weighted by atomic mass is 9.82. The fourth-order valence-corrected chi connectivity index (χ4v) is 5.15. The molecule has 0 aromatic heterocycles. The minimum atomic E-state index is -3.06. The van der Waals surface area contributed by atoms with E-state index in [9.17, 15) is 30.7 Å². The summed E-state index contributed by atoms with van der Waals surface area (Å²) in [5.74, 6) is -50.6. The van der Waals surface area contributed by atoms with Crippen LogP contribution in [-0.4, -0.2) is 0 Å². The molecule has 0 N–H and O–H groups in total. The van der Waals surface area contributed by atoms with Crippen molar-refractivity contribution in [2.45, 2.75) is 19.8 Å². The number of hydrogen-bond acceptors (Lipinski definition) is 0. The van der Waals surface area contributed by atoms with Crippen LogP contribution in [0.1, 0.15) is 25.3 Å². The van der Waals surface area contributed by atoms with Crippen molar-refractivity contribution in [2.75, 3.05) is 0 Å². The normalized spacial score (nSPS) is 12.0. The van der Waals surface area contributed by atoms with E-state index in [2.05, 4.69) is 0 Å². The van der Waals surface area contributed by atoms with Gasteiger partial charge in [-0.1, -0.05) is 13.8 Å². The number of fused-ring (bicyclic) bond motifs is 3. The molecule has 0 aliphatic carbocycles. The van der Waals surface area contributed by atoms with Crippen molar-refractivity contribution < 1.29 is 74.6 Å². The third-order valence-corrected chi connectivity index (χ3v) is 7.12. The van der Waals surface area contributed by atoms with Crippen molar-refractivity contribution in [1.82, 2.24) is 0 Å². The van der Waals surface area contributed by atoms with Crippen LogP contribution in [0.15, 0.2) is 0 Å². The van der Waals surface area contributed by atoms with Gasteiger partial charge in [-0.2, -0.15) is 0 Å². The Morgan fingerprint density at radius 3 is 0.739 bits per heavy atom. The third kappa shape index (κ3) is 4.08. The molecule has 0 saturated carbocycles. The number of rotatable bonds is 3. The smallest absolute Gasteiger partial charge is 0.200 e. The van der Waals surface area contributed by atoms with Crippen molar-refractivity contribution in [2.24, 2.45) is 0 Å². The summed E-state index contributed by atoms with van der Waals surface area (Å²) in [7, 11) is 0. The zero-order valence-corrected chi connectivity index (χ0v) is 22.0. The molecular weight excluding hydrogens is 671 g/mol. The van der Waals surface area contributed by atoms with Gasteiger partial charge in [0.15, 0.2) is 93.1 Å². The molecule has 5 rings (SSSR count). The van der Waals surface area contributed by atoms with Gasteiger partial charge in [0.1, 0.15) is 0 Å². The molecule has 17 heteroatoms. The van der Waals surface area contributed by atoms with E-state index in [0.29, 0.717) is 0 Å². The van der Waals surface area contributed by atoms with Gasteiger partial charge in [0, 0.05) is 38.2 Å². The van der Waals surface area contributed by atoms with Gasteiger partial charge in [-0.25, -0.2) is 74.6 Å². The zero-order chi connectivity index (χ0) is 34.6. The van der Waals surface area contributed by atoms with Crippen LogP contribution in [0.2, 0.25) is 0 Å². The van der Waals surface area contributed by atoms with Gasteiger partial charge >= 0.3 is 0 Å². The summed E-state index contributed by atoms with van der Waals surface area (Å²) in [5.41, 5.74) is -11.5. The zero-order valence-electron chi connectivity index (χ0n) is 22.0. The van der Waals surface area contributed by atoms with Crippen LogP contribution >= 0.6 is 0 Å². The summed E-state index contributed by atoms with van der Waals surface area (Å²) in [6.07, 6.45) is 0. The Kier molecular flexibility index (Phi) is 7.68. The van der Waals surface area contributed by atoms with Crippen molar-refractivity contribution >= 4 is 21.5 Å². The topological polar surface area (TPSA) is 0 Å². The first-order valence-electron chi connectivity index (χ1n) is 12.2. The molecule has 5 aromatic rings. The predicted octanol–water partition coefficient (Wildman–Crippen LogP) is 10.8. The largest absolute Gasteiger partial charge is 0.203 e. The van der Waals surface area contributed by atoms with Gasteiger partial charge in [0.25, 0.3) is 0 Å². The molecule has 0 fully saturated rings.